The van der Waals surface area contributed by atoms with Crippen LogP contribution in [0.1, 0.15) is 24.2 Å². The number of hydrogen-bond donors (Lipinski definition) is 6. The molecule has 9 nitrogen and oxygen atoms in total. The minimum Gasteiger partial charge on any atom is -0.375 e. The predicted octanol–water partition coefficient (Wildman–Crippen LogP) is 4.05. The lowest BCUT2D eigenvalue weighted by molar-refractivity contribution is 0.142. The summed E-state index contributed by atoms with van der Waals surface area (Å²) in [6, 6.07) is 7.08. The zero-order chi connectivity index (χ0) is 26.3. The molecule has 3 aromatic rings. The lowest BCUT2D eigenvalue weighted by Gasteiger charge is -2.15. The van der Waals surface area contributed by atoms with Crippen LogP contribution in [0.2, 0.25) is 0 Å². The molecular formula is C22H25F2N7O2S3. The molecule has 0 spiro atoms. The van der Waals surface area contributed by atoms with Crippen molar-refractivity contribution >= 4 is 49.0 Å². The average molecular weight is 554 g/mol. The number of nitrogens with two attached hydrogens (primary N) is 1. The molecule has 1 aliphatic carbocycles. The predicted molar refractivity (Wildman–Crippen MR) is 140 cm³/mol. The maximum atomic E-state index is 12.9. The van der Waals surface area contributed by atoms with Gasteiger partial charge in [0, 0.05) is 29.0 Å². The third-order valence-corrected chi connectivity index (χ3v) is 9.26. The Morgan fingerprint density at radius 2 is 2.08 bits per heavy atom. The number of aryl methyl sites for hydroxylation is 1. The van der Waals surface area contributed by atoms with Crippen molar-refractivity contribution in [2.45, 2.75) is 41.7 Å². The summed E-state index contributed by atoms with van der Waals surface area (Å²) in [5, 5.41) is 24.6. The Morgan fingerprint density at radius 3 is 2.69 bits per heavy atom. The molecule has 192 valence electrons. The van der Waals surface area contributed by atoms with E-state index >= 15 is 0 Å². The van der Waals surface area contributed by atoms with Crippen molar-refractivity contribution in [3.05, 3.63) is 48.0 Å². The number of imidazole rings is 1. The monoisotopic (exact) mass is 553 g/mol. The Balaban J connectivity index is 1.80. The Morgan fingerprint density at radius 1 is 1.36 bits per heavy atom. The van der Waals surface area contributed by atoms with Crippen molar-refractivity contribution in [1.82, 2.24) is 14.1 Å². The van der Waals surface area contributed by atoms with Crippen molar-refractivity contribution in [1.29, 1.82) is 15.6 Å². The standard InChI is InChI=1S/C22H25F2N7O2S3/c1-12-8-13(2-3-17(12)36(28,33)7-6-25)15-9-14(35-30-22(32)4-5-22)11-31-16(15)10-29-21(31)20(27)34-19(26)18(23)24/h2-3,8-11,18,26-28,30,32H,4-7,25H2,1H3. The van der Waals surface area contributed by atoms with Crippen molar-refractivity contribution in [3.8, 4) is 11.1 Å². The molecule has 1 atom stereocenters. The molecular weight excluding hydrogens is 528 g/mol. The molecule has 0 aliphatic heterocycles. The summed E-state index contributed by atoms with van der Waals surface area (Å²) >= 11 is 1.53. The van der Waals surface area contributed by atoms with E-state index in [0.29, 0.717) is 51.0 Å². The van der Waals surface area contributed by atoms with E-state index in [4.69, 9.17) is 21.3 Å². The molecule has 1 unspecified atom stereocenters. The smallest absolute Gasteiger partial charge is 0.285 e. The fraction of sp³-hybridized carbons (Fsp3) is 0.318. The van der Waals surface area contributed by atoms with Gasteiger partial charge in [0.15, 0.2) is 5.82 Å². The second-order valence-corrected chi connectivity index (χ2v) is 12.5. The van der Waals surface area contributed by atoms with E-state index in [1.165, 1.54) is 18.1 Å². The number of fused-ring (bicyclic) bond motifs is 1. The van der Waals surface area contributed by atoms with Gasteiger partial charge in [0.2, 0.25) is 0 Å². The number of pyridine rings is 1. The maximum Gasteiger partial charge on any atom is 0.285 e. The van der Waals surface area contributed by atoms with E-state index in [-0.39, 0.29) is 23.2 Å². The molecule has 1 fully saturated rings. The fourth-order valence-corrected chi connectivity index (χ4v) is 6.38. The Bertz CT molecular complexity index is 1450. The summed E-state index contributed by atoms with van der Waals surface area (Å²) in [6.45, 7) is 1.90. The van der Waals surface area contributed by atoms with Gasteiger partial charge in [-0.05, 0) is 66.7 Å². The highest BCUT2D eigenvalue weighted by molar-refractivity contribution is 8.26. The van der Waals surface area contributed by atoms with Crippen molar-refractivity contribution in [2.24, 2.45) is 5.73 Å². The van der Waals surface area contributed by atoms with Gasteiger partial charge >= 0.3 is 0 Å². The maximum absolute atomic E-state index is 12.9. The van der Waals surface area contributed by atoms with Gasteiger partial charge in [0.1, 0.15) is 15.8 Å². The van der Waals surface area contributed by atoms with E-state index in [0.717, 1.165) is 5.56 Å². The first-order chi connectivity index (χ1) is 16.9. The van der Waals surface area contributed by atoms with Gasteiger partial charge in [-0.2, -0.15) is 0 Å². The summed E-state index contributed by atoms with van der Waals surface area (Å²) in [5.74, 6) is 0.150. The topological polar surface area (TPSA) is 164 Å². The molecule has 0 amide bonds. The Kier molecular flexibility index (Phi) is 7.55. The quantitative estimate of drug-likeness (QED) is 0.101. The van der Waals surface area contributed by atoms with Gasteiger partial charge in [-0.25, -0.2) is 27.5 Å². The van der Waals surface area contributed by atoms with Crippen LogP contribution >= 0.6 is 23.7 Å². The van der Waals surface area contributed by atoms with E-state index in [2.05, 4.69) is 9.71 Å². The third kappa shape index (κ3) is 5.63. The number of halogens is 2. The minimum atomic E-state index is -3.03. The molecule has 14 heteroatoms. The molecule has 1 saturated carbocycles. The van der Waals surface area contributed by atoms with Crippen LogP contribution in [0.15, 0.2) is 46.5 Å². The SMILES string of the molecule is Cc1cc(-c2cc(SNC3(O)CC3)cn3c(C(=N)SC(=N)C(F)F)ncc23)ccc1S(=N)(=O)CCN. The molecule has 36 heavy (non-hydrogen) atoms. The van der Waals surface area contributed by atoms with E-state index in [1.54, 1.807) is 29.7 Å². The van der Waals surface area contributed by atoms with E-state index < -0.39 is 26.9 Å². The number of nitrogens with zero attached hydrogens (tertiary/aromatic N) is 2. The van der Waals surface area contributed by atoms with Crippen LogP contribution < -0.4 is 10.5 Å². The number of thioether (sulfide) groups is 1. The largest absolute Gasteiger partial charge is 0.375 e. The van der Waals surface area contributed by atoms with Crippen molar-refractivity contribution < 1.29 is 18.1 Å². The van der Waals surface area contributed by atoms with Crippen LogP contribution in [0.4, 0.5) is 8.78 Å². The highest BCUT2D eigenvalue weighted by Crippen LogP contribution is 2.37. The zero-order valence-corrected chi connectivity index (χ0v) is 21.6. The Labute approximate surface area is 215 Å². The summed E-state index contributed by atoms with van der Waals surface area (Å²) in [6.07, 6.45) is 1.47. The zero-order valence-electron chi connectivity index (χ0n) is 19.2. The summed E-state index contributed by atoms with van der Waals surface area (Å²) in [5.41, 5.74) is 7.28. The lowest BCUT2D eigenvalue weighted by Crippen LogP contribution is -2.23. The number of aromatic nitrogens is 2. The number of nitrogens with one attached hydrogen (secondary N) is 4. The second kappa shape index (κ2) is 10.2. The molecule has 7 N–H and O–H groups in total. The normalized spacial score (nSPS) is 16.3. The Hall–Kier alpha value is -2.36. The van der Waals surface area contributed by atoms with Gasteiger partial charge in [0.25, 0.3) is 6.43 Å². The van der Waals surface area contributed by atoms with Crippen LogP contribution in [-0.2, 0) is 9.73 Å². The minimum absolute atomic E-state index is 0.0531. The molecule has 2 heterocycles. The van der Waals surface area contributed by atoms with Crippen LogP contribution in [0.5, 0.6) is 0 Å². The molecule has 0 radical (unpaired) electrons. The number of hydrogen-bond acceptors (Lipinski definition) is 10. The number of benzene rings is 1. The number of rotatable bonds is 9. The van der Waals surface area contributed by atoms with Crippen LogP contribution in [0, 0.1) is 22.5 Å². The summed E-state index contributed by atoms with van der Waals surface area (Å²) in [7, 11) is -3.03. The van der Waals surface area contributed by atoms with Gasteiger partial charge < -0.3 is 10.8 Å². The van der Waals surface area contributed by atoms with Crippen LogP contribution in [0.25, 0.3) is 16.6 Å². The van der Waals surface area contributed by atoms with Crippen LogP contribution in [-0.4, -0.2) is 53.2 Å². The summed E-state index contributed by atoms with van der Waals surface area (Å²) < 4.78 is 51.3. The van der Waals surface area contributed by atoms with Crippen LogP contribution in [0.3, 0.4) is 0 Å². The second-order valence-electron chi connectivity index (χ2n) is 8.41. The first-order valence-corrected chi connectivity index (χ1v) is 14.2. The lowest BCUT2D eigenvalue weighted by atomic mass is 10.0. The van der Waals surface area contributed by atoms with Gasteiger partial charge in [0.05, 0.1) is 26.3 Å². The first-order valence-electron chi connectivity index (χ1n) is 10.8. The number of alkyl halides is 2. The third-order valence-electron chi connectivity index (χ3n) is 5.56. The molecule has 1 aliphatic rings. The van der Waals surface area contributed by atoms with E-state index in [1.807, 2.05) is 12.1 Å². The fourth-order valence-electron chi connectivity index (χ4n) is 3.56. The molecule has 1 aromatic carbocycles. The van der Waals surface area contributed by atoms with Gasteiger partial charge in [-0.15, -0.1) is 0 Å². The highest BCUT2D eigenvalue weighted by Gasteiger charge is 2.40. The average Bonchev–Trinajstić information content (AvgIpc) is 3.39. The first kappa shape index (κ1) is 26.7. The molecule has 0 saturated heterocycles. The van der Waals surface area contributed by atoms with Gasteiger partial charge in [-0.1, -0.05) is 12.1 Å². The molecule has 4 rings (SSSR count). The highest BCUT2D eigenvalue weighted by atomic mass is 32.2. The number of aliphatic hydroxyl groups is 1. The summed E-state index contributed by atoms with van der Waals surface area (Å²) in [4.78, 5) is 5.35. The molecule has 2 aromatic heterocycles. The van der Waals surface area contributed by atoms with Crippen molar-refractivity contribution in [2.75, 3.05) is 12.3 Å². The van der Waals surface area contributed by atoms with Crippen molar-refractivity contribution in [3.63, 3.8) is 0 Å². The van der Waals surface area contributed by atoms with E-state index in [9.17, 15) is 18.1 Å². The molecule has 0 bridgehead atoms. The van der Waals surface area contributed by atoms with Gasteiger partial charge in [-0.3, -0.25) is 15.2 Å².